The van der Waals surface area contributed by atoms with Crippen molar-refractivity contribution in [2.75, 3.05) is 6.16 Å². The summed E-state index contributed by atoms with van der Waals surface area (Å²) in [6, 6.07) is 37.3. The number of ketones is 1. The van der Waals surface area contributed by atoms with E-state index in [0.717, 1.165) is 5.56 Å². The molecule has 4 rings (SSSR count). The second-order valence-electron chi connectivity index (χ2n) is 8.07. The molecule has 4 aromatic rings. The minimum absolute atomic E-state index is 0.188. The molecule has 0 aliphatic carbocycles. The maximum Gasteiger partial charge on any atom is 0.171 e. The van der Waals surface area contributed by atoms with Gasteiger partial charge in [-0.25, -0.2) is 4.39 Å². The van der Waals surface area contributed by atoms with Gasteiger partial charge < -0.3 is 0 Å². The highest BCUT2D eigenvalue weighted by atomic mass is 35.5. The van der Waals surface area contributed by atoms with Crippen molar-refractivity contribution in [3.05, 3.63) is 127 Å². The number of benzene rings is 4. The van der Waals surface area contributed by atoms with Gasteiger partial charge in [-0.15, -0.1) is 11.6 Å². The maximum absolute atomic E-state index is 13.5. The van der Waals surface area contributed by atoms with Crippen molar-refractivity contribution in [1.29, 1.82) is 0 Å². The fourth-order valence-corrected chi connectivity index (χ4v) is 8.67. The Morgan fingerprint density at radius 1 is 0.697 bits per heavy atom. The second-order valence-corrected chi connectivity index (χ2v) is 12.1. The van der Waals surface area contributed by atoms with E-state index in [1.54, 1.807) is 12.1 Å². The average Bonchev–Trinajstić information content (AvgIpc) is 2.88. The van der Waals surface area contributed by atoms with Gasteiger partial charge in [-0.05, 0) is 60.5 Å². The lowest BCUT2D eigenvalue weighted by molar-refractivity contribution is -0.116. The Kier molecular flexibility index (Phi) is 7.70. The van der Waals surface area contributed by atoms with Crippen LogP contribution in [0.1, 0.15) is 23.8 Å². The molecule has 0 N–H and O–H groups in total. The Bertz CT molecular complexity index is 1070. The van der Waals surface area contributed by atoms with E-state index in [9.17, 15) is 9.18 Å². The number of hydrogen-bond acceptors (Lipinski definition) is 1. The molecule has 0 bridgehead atoms. The predicted molar refractivity (Wildman–Crippen MR) is 139 cm³/mol. The summed E-state index contributed by atoms with van der Waals surface area (Å²) in [6.45, 7) is 0. The monoisotopic (exact) mass is 475 g/mol. The summed E-state index contributed by atoms with van der Waals surface area (Å²) in [6.07, 6.45) is 1.34. The average molecular weight is 476 g/mol. The van der Waals surface area contributed by atoms with Crippen LogP contribution in [0, 0.1) is 5.82 Å². The van der Waals surface area contributed by atoms with Crippen LogP contribution in [0.15, 0.2) is 115 Å². The summed E-state index contributed by atoms with van der Waals surface area (Å²) in [4.78, 5) is 13.5. The minimum atomic E-state index is -2.19. The smallest absolute Gasteiger partial charge is 0.171 e. The largest absolute Gasteiger partial charge is 0.296 e. The normalized spacial score (nSPS) is 12.3. The van der Waals surface area contributed by atoms with Crippen LogP contribution in [0.3, 0.4) is 0 Å². The van der Waals surface area contributed by atoms with Gasteiger partial charge >= 0.3 is 0 Å². The van der Waals surface area contributed by atoms with Gasteiger partial charge in [0.25, 0.3) is 0 Å². The number of carbonyl (C=O) groups is 1. The number of halogens is 2. The molecular formula is C29H26ClFOP+. The van der Waals surface area contributed by atoms with Crippen molar-refractivity contribution in [1.82, 2.24) is 0 Å². The van der Waals surface area contributed by atoms with Gasteiger partial charge in [-0.3, -0.25) is 4.79 Å². The molecule has 0 aliphatic heterocycles. The van der Waals surface area contributed by atoms with Crippen LogP contribution in [-0.4, -0.2) is 11.9 Å². The van der Waals surface area contributed by atoms with E-state index in [4.69, 9.17) is 11.6 Å². The van der Waals surface area contributed by atoms with Crippen molar-refractivity contribution in [2.24, 2.45) is 0 Å². The Labute approximate surface area is 200 Å². The third kappa shape index (κ3) is 5.41. The molecule has 0 aromatic heterocycles. The number of carbonyl (C=O) groups excluding carboxylic acids is 1. The van der Waals surface area contributed by atoms with E-state index in [0.29, 0.717) is 19.0 Å². The fourth-order valence-electron chi connectivity index (χ4n) is 4.24. The van der Waals surface area contributed by atoms with Gasteiger partial charge in [-0.1, -0.05) is 66.7 Å². The summed E-state index contributed by atoms with van der Waals surface area (Å²) in [5.74, 6) is -0.102. The molecule has 1 atom stereocenters. The summed E-state index contributed by atoms with van der Waals surface area (Å²) in [7, 11) is -2.19. The molecule has 0 radical (unpaired) electrons. The molecule has 1 unspecified atom stereocenters. The first-order chi connectivity index (χ1) is 16.1. The van der Waals surface area contributed by atoms with E-state index in [1.165, 1.54) is 28.0 Å². The zero-order chi connectivity index (χ0) is 23.1. The minimum Gasteiger partial charge on any atom is -0.296 e. The van der Waals surface area contributed by atoms with Gasteiger partial charge in [0.1, 0.15) is 35.2 Å². The number of alkyl halides is 1. The summed E-state index contributed by atoms with van der Waals surface area (Å²) in [5.41, 5.74) is 0.834. The van der Waals surface area contributed by atoms with E-state index < -0.39 is 7.26 Å². The number of rotatable bonds is 9. The Morgan fingerprint density at radius 3 is 1.55 bits per heavy atom. The molecule has 0 spiro atoms. The Morgan fingerprint density at radius 2 is 1.12 bits per heavy atom. The molecule has 0 saturated carbocycles. The maximum atomic E-state index is 13.5. The van der Waals surface area contributed by atoms with Crippen LogP contribution in [0.2, 0.25) is 0 Å². The molecule has 33 heavy (non-hydrogen) atoms. The highest BCUT2D eigenvalue weighted by Crippen LogP contribution is 2.55. The highest BCUT2D eigenvalue weighted by Gasteiger charge is 2.46. The Hall–Kier alpha value is -2.80. The standard InChI is InChI=1S/C29H26ClFOP/c30-29(23-16-18-24(31)19-17-23)21-20-25(32)22-33(26-10-4-1-5-11-26,27-12-6-2-7-13-27)28-14-8-3-9-15-28/h1-19,29H,20-22H2/q+1. The van der Waals surface area contributed by atoms with Crippen molar-refractivity contribution in [2.45, 2.75) is 18.2 Å². The molecule has 0 fully saturated rings. The van der Waals surface area contributed by atoms with Gasteiger partial charge in [0.05, 0.1) is 5.38 Å². The van der Waals surface area contributed by atoms with Gasteiger partial charge in [0, 0.05) is 6.42 Å². The van der Waals surface area contributed by atoms with Crippen LogP contribution < -0.4 is 15.9 Å². The lowest BCUT2D eigenvalue weighted by atomic mass is 10.1. The highest BCUT2D eigenvalue weighted by molar-refractivity contribution is 7.96. The fraction of sp³-hybridized carbons (Fsp3) is 0.138. The third-order valence-electron chi connectivity index (χ3n) is 5.91. The predicted octanol–water partition coefficient (Wildman–Crippen LogP) is 6.45. The van der Waals surface area contributed by atoms with Crippen LogP contribution in [0.25, 0.3) is 0 Å². The van der Waals surface area contributed by atoms with Gasteiger partial charge in [0.2, 0.25) is 0 Å². The first kappa shape index (κ1) is 23.4. The first-order valence-electron chi connectivity index (χ1n) is 11.1. The molecule has 0 saturated heterocycles. The van der Waals surface area contributed by atoms with Crippen molar-refractivity contribution in [3.8, 4) is 0 Å². The van der Waals surface area contributed by atoms with Crippen LogP contribution in [0.5, 0.6) is 0 Å². The van der Waals surface area contributed by atoms with Crippen molar-refractivity contribution >= 4 is 40.6 Å². The molecule has 0 amide bonds. The number of Topliss-reactive ketones (excluding diaryl/α,β-unsaturated/α-hetero) is 1. The third-order valence-corrected chi connectivity index (χ3v) is 10.7. The zero-order valence-electron chi connectivity index (χ0n) is 18.3. The van der Waals surface area contributed by atoms with Crippen LogP contribution in [-0.2, 0) is 4.79 Å². The quantitative estimate of drug-likeness (QED) is 0.201. The molecular weight excluding hydrogens is 450 g/mol. The van der Waals surface area contributed by atoms with Gasteiger partial charge in [0.15, 0.2) is 5.78 Å². The SMILES string of the molecule is O=C(CCC(Cl)c1ccc(F)cc1)C[P+](c1ccccc1)(c1ccccc1)c1ccccc1. The van der Waals surface area contributed by atoms with Crippen molar-refractivity contribution in [3.63, 3.8) is 0 Å². The number of hydrogen-bond donors (Lipinski definition) is 0. The molecule has 166 valence electrons. The molecule has 4 aromatic carbocycles. The molecule has 1 nitrogen and oxygen atoms in total. The second kappa shape index (κ2) is 10.9. The topological polar surface area (TPSA) is 17.1 Å². The Balaban J connectivity index is 1.66. The summed E-state index contributed by atoms with van der Waals surface area (Å²) < 4.78 is 13.2. The van der Waals surface area contributed by atoms with Gasteiger partial charge in [-0.2, -0.15) is 0 Å². The lowest BCUT2D eigenvalue weighted by Gasteiger charge is -2.27. The zero-order valence-corrected chi connectivity index (χ0v) is 19.9. The van der Waals surface area contributed by atoms with E-state index in [-0.39, 0.29) is 17.0 Å². The first-order valence-corrected chi connectivity index (χ1v) is 13.5. The molecule has 0 heterocycles. The van der Waals surface area contributed by atoms with Crippen LogP contribution in [0.4, 0.5) is 4.39 Å². The van der Waals surface area contributed by atoms with E-state index in [1.807, 2.05) is 54.6 Å². The summed E-state index contributed by atoms with van der Waals surface area (Å²) in [5, 5.41) is 3.25. The molecule has 0 aliphatic rings. The summed E-state index contributed by atoms with van der Waals surface area (Å²) >= 11 is 6.56. The van der Waals surface area contributed by atoms with Crippen LogP contribution >= 0.6 is 18.9 Å². The van der Waals surface area contributed by atoms with E-state index in [2.05, 4.69) is 36.4 Å². The lowest BCUT2D eigenvalue weighted by Crippen LogP contribution is -2.35. The van der Waals surface area contributed by atoms with E-state index >= 15 is 0 Å². The molecule has 4 heteroatoms. The van der Waals surface area contributed by atoms with Crippen molar-refractivity contribution < 1.29 is 9.18 Å².